The fourth-order valence-corrected chi connectivity index (χ4v) is 2.68. The third-order valence-electron chi connectivity index (χ3n) is 4.02. The van der Waals surface area contributed by atoms with Gasteiger partial charge < -0.3 is 0 Å². The van der Waals surface area contributed by atoms with Gasteiger partial charge in [0.25, 0.3) is 0 Å². The summed E-state index contributed by atoms with van der Waals surface area (Å²) in [7, 11) is 1.98. The predicted octanol–water partition coefficient (Wildman–Crippen LogP) is 2.56. The Kier molecular flexibility index (Phi) is 5.52. The highest BCUT2D eigenvalue weighted by molar-refractivity contribution is 5.80. The Morgan fingerprint density at radius 1 is 1.30 bits per heavy atom. The maximum atomic E-state index is 8.76. The first-order chi connectivity index (χ1) is 9.70. The van der Waals surface area contributed by atoms with Gasteiger partial charge in [-0.05, 0) is 31.2 Å². The van der Waals surface area contributed by atoms with Gasteiger partial charge in [0.15, 0.2) is 0 Å². The molecule has 1 aromatic rings. The fraction of sp³-hybridized carbons (Fsp3) is 0.533. The fourth-order valence-electron chi connectivity index (χ4n) is 2.68. The van der Waals surface area contributed by atoms with Gasteiger partial charge in [-0.2, -0.15) is 5.06 Å². The van der Waals surface area contributed by atoms with E-state index in [0.717, 1.165) is 25.7 Å². The van der Waals surface area contributed by atoms with E-state index in [-0.39, 0.29) is 11.8 Å². The lowest BCUT2D eigenvalue weighted by Gasteiger charge is -2.33. The van der Waals surface area contributed by atoms with Gasteiger partial charge in [0.2, 0.25) is 0 Å². The molecule has 0 unspecified atom stereocenters. The summed E-state index contributed by atoms with van der Waals surface area (Å²) in [4.78, 5) is 5.80. The summed E-state index contributed by atoms with van der Waals surface area (Å²) in [6.45, 7) is 0.589. The van der Waals surface area contributed by atoms with Crippen molar-refractivity contribution in [2.75, 3.05) is 7.05 Å². The number of hydrogen-bond acceptors (Lipinski definition) is 4. The lowest BCUT2D eigenvalue weighted by molar-refractivity contribution is -0.184. The Balaban J connectivity index is 1.74. The van der Waals surface area contributed by atoms with E-state index in [4.69, 9.17) is 15.5 Å². The van der Waals surface area contributed by atoms with Crippen molar-refractivity contribution >= 4 is 5.84 Å². The minimum absolute atomic E-state index is 0.152. The SMILES string of the molecule is CN(OCc1ccccc1)[C@H]1CC[C@H](C(=N)NO)CC1. The second kappa shape index (κ2) is 7.38. The Morgan fingerprint density at radius 2 is 1.95 bits per heavy atom. The van der Waals surface area contributed by atoms with E-state index >= 15 is 0 Å². The summed E-state index contributed by atoms with van der Waals surface area (Å²) in [6.07, 6.45) is 3.80. The van der Waals surface area contributed by atoms with Gasteiger partial charge in [-0.15, -0.1) is 0 Å². The molecule has 1 aliphatic carbocycles. The zero-order valence-electron chi connectivity index (χ0n) is 11.9. The second-order valence-electron chi connectivity index (χ2n) is 5.34. The number of amidine groups is 1. The molecule has 0 heterocycles. The first kappa shape index (κ1) is 15.0. The van der Waals surface area contributed by atoms with E-state index in [9.17, 15) is 0 Å². The van der Waals surface area contributed by atoms with Crippen LogP contribution in [0.4, 0.5) is 0 Å². The first-order valence-corrected chi connectivity index (χ1v) is 7.09. The van der Waals surface area contributed by atoms with E-state index in [1.54, 1.807) is 0 Å². The van der Waals surface area contributed by atoms with Crippen LogP contribution in [0.2, 0.25) is 0 Å². The van der Waals surface area contributed by atoms with Crippen LogP contribution in [-0.4, -0.2) is 29.2 Å². The van der Waals surface area contributed by atoms with E-state index in [1.165, 1.54) is 5.56 Å². The van der Waals surface area contributed by atoms with Crippen molar-refractivity contribution in [2.45, 2.75) is 38.3 Å². The molecule has 1 aliphatic rings. The quantitative estimate of drug-likeness (QED) is 0.439. The van der Waals surface area contributed by atoms with Crippen LogP contribution in [0.25, 0.3) is 0 Å². The molecule has 0 amide bonds. The molecule has 3 N–H and O–H groups in total. The Labute approximate surface area is 120 Å². The van der Waals surface area contributed by atoms with Gasteiger partial charge in [0, 0.05) is 19.0 Å². The summed E-state index contributed by atoms with van der Waals surface area (Å²) in [5, 5.41) is 18.3. The lowest BCUT2D eigenvalue weighted by atomic mass is 9.85. The number of rotatable bonds is 5. The summed E-state index contributed by atoms with van der Waals surface area (Å²) in [6, 6.07) is 10.5. The molecule has 20 heavy (non-hydrogen) atoms. The molecule has 5 heteroatoms. The van der Waals surface area contributed by atoms with E-state index in [0.29, 0.717) is 12.6 Å². The zero-order valence-corrected chi connectivity index (χ0v) is 11.9. The Hall–Kier alpha value is -1.43. The molecule has 1 fully saturated rings. The van der Waals surface area contributed by atoms with Crippen molar-refractivity contribution < 1.29 is 10.0 Å². The van der Waals surface area contributed by atoms with Crippen LogP contribution in [0.3, 0.4) is 0 Å². The number of benzene rings is 1. The van der Waals surface area contributed by atoms with Crippen LogP contribution >= 0.6 is 0 Å². The van der Waals surface area contributed by atoms with Crippen LogP contribution in [0, 0.1) is 11.3 Å². The summed E-state index contributed by atoms with van der Waals surface area (Å²) in [5.41, 5.74) is 3.13. The van der Waals surface area contributed by atoms with Crippen LogP contribution in [0.1, 0.15) is 31.2 Å². The van der Waals surface area contributed by atoms with Crippen LogP contribution < -0.4 is 5.48 Å². The van der Waals surface area contributed by atoms with Crippen LogP contribution in [0.5, 0.6) is 0 Å². The van der Waals surface area contributed by atoms with Crippen molar-refractivity contribution in [2.24, 2.45) is 5.92 Å². The van der Waals surface area contributed by atoms with Gasteiger partial charge in [-0.25, -0.2) is 0 Å². The van der Waals surface area contributed by atoms with Crippen molar-refractivity contribution in [3.05, 3.63) is 35.9 Å². The Bertz CT molecular complexity index is 416. The highest BCUT2D eigenvalue weighted by Crippen LogP contribution is 2.27. The minimum atomic E-state index is 0.152. The normalized spacial score (nSPS) is 22.8. The second-order valence-corrected chi connectivity index (χ2v) is 5.34. The smallest absolute Gasteiger partial charge is 0.120 e. The van der Waals surface area contributed by atoms with Crippen molar-refractivity contribution in [3.8, 4) is 0 Å². The molecule has 2 rings (SSSR count). The van der Waals surface area contributed by atoms with Crippen molar-refractivity contribution in [3.63, 3.8) is 0 Å². The molecule has 0 aromatic heterocycles. The number of nitrogens with zero attached hydrogens (tertiary/aromatic N) is 1. The maximum absolute atomic E-state index is 8.76. The summed E-state index contributed by atoms with van der Waals surface area (Å²) in [5.74, 6) is 0.384. The highest BCUT2D eigenvalue weighted by atomic mass is 16.7. The average Bonchev–Trinajstić information content (AvgIpc) is 2.53. The van der Waals surface area contributed by atoms with Gasteiger partial charge in [-0.3, -0.25) is 20.9 Å². The third kappa shape index (κ3) is 4.03. The molecule has 0 saturated heterocycles. The van der Waals surface area contributed by atoms with Crippen molar-refractivity contribution in [1.82, 2.24) is 10.5 Å². The molecule has 1 saturated carbocycles. The molecule has 0 aliphatic heterocycles. The summed E-state index contributed by atoms with van der Waals surface area (Å²) < 4.78 is 0. The number of hydrogen-bond donors (Lipinski definition) is 3. The molecular weight excluding hydrogens is 254 g/mol. The molecular formula is C15H23N3O2. The van der Waals surface area contributed by atoms with E-state index in [2.05, 4.69) is 12.1 Å². The largest absolute Gasteiger partial charge is 0.294 e. The van der Waals surface area contributed by atoms with Gasteiger partial charge in [0.1, 0.15) is 5.84 Å². The van der Waals surface area contributed by atoms with Gasteiger partial charge in [0.05, 0.1) is 6.61 Å². The zero-order chi connectivity index (χ0) is 14.4. The molecule has 0 bridgehead atoms. The first-order valence-electron chi connectivity index (χ1n) is 7.09. The van der Waals surface area contributed by atoms with Crippen LogP contribution in [0.15, 0.2) is 30.3 Å². The van der Waals surface area contributed by atoms with E-state index in [1.807, 2.05) is 35.8 Å². The molecule has 5 nitrogen and oxygen atoms in total. The highest BCUT2D eigenvalue weighted by Gasteiger charge is 2.26. The number of hydroxylamine groups is 3. The maximum Gasteiger partial charge on any atom is 0.120 e. The number of nitrogens with one attached hydrogen (secondary N) is 2. The average molecular weight is 277 g/mol. The van der Waals surface area contributed by atoms with Crippen molar-refractivity contribution in [1.29, 1.82) is 5.41 Å². The van der Waals surface area contributed by atoms with Gasteiger partial charge in [-0.1, -0.05) is 30.3 Å². The monoisotopic (exact) mass is 277 g/mol. The third-order valence-corrected chi connectivity index (χ3v) is 4.02. The molecule has 1 aromatic carbocycles. The molecule has 0 atom stereocenters. The van der Waals surface area contributed by atoms with Crippen LogP contribution in [-0.2, 0) is 11.4 Å². The molecule has 0 radical (unpaired) electrons. The van der Waals surface area contributed by atoms with E-state index < -0.39 is 0 Å². The topological polar surface area (TPSA) is 68.6 Å². The minimum Gasteiger partial charge on any atom is -0.294 e. The summed E-state index contributed by atoms with van der Waals surface area (Å²) >= 11 is 0. The molecule has 110 valence electrons. The molecule has 0 spiro atoms. The Morgan fingerprint density at radius 3 is 2.55 bits per heavy atom. The standard InChI is InChI=1S/C15H23N3O2/c1-18(20-11-12-5-3-2-4-6-12)14-9-7-13(8-10-14)15(16)17-19/h2-6,13-14,19H,7-11H2,1H3,(H2,16,17)/t13-,14-. The predicted molar refractivity (Wildman–Crippen MR) is 77.4 cm³/mol. The van der Waals surface area contributed by atoms with Gasteiger partial charge >= 0.3 is 0 Å². The lowest BCUT2D eigenvalue weighted by Crippen LogP contribution is -2.38.